The first-order valence-electron chi connectivity index (χ1n) is 8.45. The highest BCUT2D eigenvalue weighted by molar-refractivity contribution is 5.13. The summed E-state index contributed by atoms with van der Waals surface area (Å²) < 4.78 is 18.1. The topological polar surface area (TPSA) is 47.9 Å². The van der Waals surface area contributed by atoms with E-state index in [0.717, 1.165) is 18.4 Å². The van der Waals surface area contributed by atoms with Gasteiger partial charge in [-0.1, -0.05) is 37.3 Å². The molecular formula is C19H30O4. The predicted molar refractivity (Wildman–Crippen MR) is 90.0 cm³/mol. The van der Waals surface area contributed by atoms with Gasteiger partial charge in [0.25, 0.3) is 0 Å². The Morgan fingerprint density at radius 2 is 1.83 bits per heavy atom. The summed E-state index contributed by atoms with van der Waals surface area (Å²) in [4.78, 5) is 0. The number of aliphatic hydroxyl groups excluding tert-OH is 1. The van der Waals surface area contributed by atoms with Crippen molar-refractivity contribution in [2.45, 2.75) is 65.1 Å². The molecule has 130 valence electrons. The molecule has 23 heavy (non-hydrogen) atoms. The molecular weight excluding hydrogens is 292 g/mol. The first-order chi connectivity index (χ1) is 10.9. The second-order valence-electron chi connectivity index (χ2n) is 7.10. The molecule has 0 saturated carbocycles. The number of aliphatic hydroxyl groups is 1. The number of ether oxygens (including phenoxy) is 3. The van der Waals surface area contributed by atoms with Gasteiger partial charge < -0.3 is 19.3 Å². The zero-order valence-electron chi connectivity index (χ0n) is 14.7. The molecule has 3 atom stereocenters. The van der Waals surface area contributed by atoms with E-state index in [0.29, 0.717) is 13.2 Å². The smallest absolute Gasteiger partial charge is 0.163 e. The second kappa shape index (κ2) is 7.75. The highest BCUT2D eigenvalue weighted by atomic mass is 16.7. The number of hydrogen-bond donors (Lipinski definition) is 1. The van der Waals surface area contributed by atoms with Crippen LogP contribution in [-0.2, 0) is 20.8 Å². The van der Waals surface area contributed by atoms with Crippen LogP contribution in [-0.4, -0.2) is 36.3 Å². The van der Waals surface area contributed by atoms with Crippen molar-refractivity contribution in [3.63, 3.8) is 0 Å². The summed E-state index contributed by atoms with van der Waals surface area (Å²) in [6.07, 6.45) is 1.57. The fraction of sp³-hybridized carbons (Fsp3) is 0.684. The second-order valence-corrected chi connectivity index (χ2v) is 7.10. The van der Waals surface area contributed by atoms with Crippen LogP contribution >= 0.6 is 0 Å². The minimum atomic E-state index is -0.612. The van der Waals surface area contributed by atoms with Gasteiger partial charge in [0.15, 0.2) is 5.79 Å². The Bertz CT molecular complexity index is 474. The van der Waals surface area contributed by atoms with Gasteiger partial charge >= 0.3 is 0 Å². The average molecular weight is 322 g/mol. The van der Waals surface area contributed by atoms with Gasteiger partial charge in [-0.3, -0.25) is 0 Å². The molecule has 0 spiro atoms. The molecule has 0 radical (unpaired) electrons. The molecule has 1 N–H and O–H groups in total. The first kappa shape index (κ1) is 18.4. The lowest BCUT2D eigenvalue weighted by atomic mass is 9.74. The minimum Gasteiger partial charge on any atom is -0.396 e. The molecule has 0 aliphatic carbocycles. The van der Waals surface area contributed by atoms with Crippen LogP contribution in [0.15, 0.2) is 30.3 Å². The molecule has 1 aromatic rings. The molecule has 1 aliphatic rings. The van der Waals surface area contributed by atoms with Crippen molar-refractivity contribution in [3.8, 4) is 0 Å². The van der Waals surface area contributed by atoms with Crippen molar-refractivity contribution in [1.82, 2.24) is 0 Å². The van der Waals surface area contributed by atoms with Crippen molar-refractivity contribution < 1.29 is 19.3 Å². The van der Waals surface area contributed by atoms with E-state index in [2.05, 4.69) is 26.0 Å². The van der Waals surface area contributed by atoms with Crippen LogP contribution in [0.5, 0.6) is 0 Å². The van der Waals surface area contributed by atoms with E-state index in [1.54, 1.807) is 0 Å². The lowest BCUT2D eigenvalue weighted by Crippen LogP contribution is -2.57. The van der Waals surface area contributed by atoms with Crippen LogP contribution in [0.4, 0.5) is 0 Å². The van der Waals surface area contributed by atoms with Gasteiger partial charge in [-0.2, -0.15) is 0 Å². The monoisotopic (exact) mass is 322 g/mol. The maximum atomic E-state index is 9.20. The van der Waals surface area contributed by atoms with Crippen LogP contribution in [0.25, 0.3) is 0 Å². The van der Waals surface area contributed by atoms with E-state index in [1.807, 2.05) is 32.0 Å². The van der Waals surface area contributed by atoms with Crippen molar-refractivity contribution >= 4 is 0 Å². The Morgan fingerprint density at radius 1 is 1.13 bits per heavy atom. The summed E-state index contributed by atoms with van der Waals surface area (Å²) in [6.45, 7) is 9.42. The molecule has 0 bridgehead atoms. The Labute approximate surface area is 139 Å². The summed E-state index contributed by atoms with van der Waals surface area (Å²) in [5, 5.41) is 9.20. The Morgan fingerprint density at radius 3 is 2.48 bits per heavy atom. The van der Waals surface area contributed by atoms with Gasteiger partial charge in [0.2, 0.25) is 0 Å². The van der Waals surface area contributed by atoms with Crippen molar-refractivity contribution in [3.05, 3.63) is 35.9 Å². The van der Waals surface area contributed by atoms with Crippen molar-refractivity contribution in [2.75, 3.05) is 13.2 Å². The fourth-order valence-electron chi connectivity index (χ4n) is 3.23. The standard InChI is InChI=1S/C19H30O4/c1-15-19(4,11-8-12-20)17(23-18(2,3)22-15)14-21-13-16-9-6-5-7-10-16/h5-7,9-10,15,17,20H,8,11-14H2,1-4H3/t15-,17-,19+/m1/s1. The summed E-state index contributed by atoms with van der Waals surface area (Å²) in [5.74, 6) is -0.612. The van der Waals surface area contributed by atoms with E-state index < -0.39 is 5.79 Å². The average Bonchev–Trinajstić information content (AvgIpc) is 2.51. The molecule has 1 heterocycles. The summed E-state index contributed by atoms with van der Waals surface area (Å²) in [5.41, 5.74) is 0.985. The number of benzene rings is 1. The van der Waals surface area contributed by atoms with Crippen LogP contribution < -0.4 is 0 Å². The van der Waals surface area contributed by atoms with Crippen molar-refractivity contribution in [2.24, 2.45) is 5.41 Å². The van der Waals surface area contributed by atoms with Crippen molar-refractivity contribution in [1.29, 1.82) is 0 Å². The lowest BCUT2D eigenvalue weighted by Gasteiger charge is -2.51. The Kier molecular flexibility index (Phi) is 6.20. The predicted octanol–water partition coefficient (Wildman–Crippen LogP) is 3.52. The van der Waals surface area contributed by atoms with Crippen LogP contribution in [0.1, 0.15) is 46.1 Å². The highest BCUT2D eigenvalue weighted by Crippen LogP contribution is 2.43. The summed E-state index contributed by atoms with van der Waals surface area (Å²) >= 11 is 0. The largest absolute Gasteiger partial charge is 0.396 e. The molecule has 4 heteroatoms. The molecule has 2 rings (SSSR count). The molecule has 1 saturated heterocycles. The van der Waals surface area contributed by atoms with Crippen LogP contribution in [0.3, 0.4) is 0 Å². The molecule has 1 aliphatic heterocycles. The zero-order valence-corrected chi connectivity index (χ0v) is 14.7. The van der Waals surface area contributed by atoms with Crippen LogP contribution in [0, 0.1) is 5.41 Å². The third-order valence-corrected chi connectivity index (χ3v) is 4.81. The van der Waals surface area contributed by atoms with Gasteiger partial charge in [-0.15, -0.1) is 0 Å². The van der Waals surface area contributed by atoms with Gasteiger partial charge in [0, 0.05) is 12.0 Å². The third-order valence-electron chi connectivity index (χ3n) is 4.81. The molecule has 4 nitrogen and oxygen atoms in total. The van der Waals surface area contributed by atoms with E-state index in [4.69, 9.17) is 14.2 Å². The number of hydrogen-bond acceptors (Lipinski definition) is 4. The van der Waals surface area contributed by atoms with Gasteiger partial charge in [0.1, 0.15) is 0 Å². The van der Waals surface area contributed by atoms with Gasteiger partial charge in [-0.05, 0) is 39.2 Å². The highest BCUT2D eigenvalue weighted by Gasteiger charge is 2.49. The minimum absolute atomic E-state index is 0.0446. The molecule has 0 aromatic heterocycles. The third kappa shape index (κ3) is 4.77. The van der Waals surface area contributed by atoms with Gasteiger partial charge in [-0.25, -0.2) is 0 Å². The summed E-state index contributed by atoms with van der Waals surface area (Å²) in [6, 6.07) is 10.1. The zero-order chi connectivity index (χ0) is 16.9. The number of rotatable bonds is 7. The van der Waals surface area contributed by atoms with E-state index in [1.165, 1.54) is 0 Å². The molecule has 1 aromatic carbocycles. The quantitative estimate of drug-likeness (QED) is 0.834. The van der Waals surface area contributed by atoms with E-state index in [-0.39, 0.29) is 24.2 Å². The van der Waals surface area contributed by atoms with E-state index >= 15 is 0 Å². The maximum absolute atomic E-state index is 9.20. The Balaban J connectivity index is 2.01. The van der Waals surface area contributed by atoms with E-state index in [9.17, 15) is 5.11 Å². The van der Waals surface area contributed by atoms with Crippen LogP contribution in [0.2, 0.25) is 0 Å². The molecule has 0 amide bonds. The first-order valence-corrected chi connectivity index (χ1v) is 8.45. The molecule has 1 fully saturated rings. The maximum Gasteiger partial charge on any atom is 0.163 e. The Hall–Kier alpha value is -0.940. The SMILES string of the molecule is C[C@H]1OC(C)(C)O[C@H](COCc2ccccc2)[C@@]1(C)CCCO. The molecule has 0 unspecified atom stereocenters. The normalized spacial score (nSPS) is 30.3. The van der Waals surface area contributed by atoms with Gasteiger partial charge in [0.05, 0.1) is 25.4 Å². The fourth-order valence-corrected chi connectivity index (χ4v) is 3.23. The lowest BCUT2D eigenvalue weighted by molar-refractivity contribution is -0.348. The summed E-state index contributed by atoms with van der Waals surface area (Å²) in [7, 11) is 0.